The average molecular weight is 486 g/mol. The zero-order valence-electron chi connectivity index (χ0n) is 21.5. The van der Waals surface area contributed by atoms with Gasteiger partial charge in [-0.2, -0.15) is 0 Å². The molecule has 0 unspecified atom stereocenters. The third-order valence-electron chi connectivity index (χ3n) is 6.12. The van der Waals surface area contributed by atoms with E-state index in [1.807, 2.05) is 18.2 Å². The monoisotopic (exact) mass is 485 g/mol. The summed E-state index contributed by atoms with van der Waals surface area (Å²) in [4.78, 5) is 2.20. The fraction of sp³-hybridized carbons (Fsp3) is 0.519. The Labute approximate surface area is 210 Å². The number of ether oxygens (including phenoxy) is 3. The van der Waals surface area contributed by atoms with Crippen LogP contribution in [0.4, 0.5) is 0 Å². The molecule has 7 heteroatoms. The number of nitrogens with one attached hydrogen (secondary N) is 2. The van der Waals surface area contributed by atoms with Gasteiger partial charge in [-0.15, -0.1) is 0 Å². The van der Waals surface area contributed by atoms with Gasteiger partial charge >= 0.3 is 0 Å². The molecule has 186 valence electrons. The lowest BCUT2D eigenvalue weighted by molar-refractivity contribution is 0.153. The van der Waals surface area contributed by atoms with E-state index in [0.717, 1.165) is 23.5 Å². The molecule has 2 N–H and O–H groups in total. The van der Waals surface area contributed by atoms with Gasteiger partial charge in [-0.25, -0.2) is 0 Å². The molecule has 34 heavy (non-hydrogen) atoms. The Morgan fingerprint density at radius 3 is 1.94 bits per heavy atom. The summed E-state index contributed by atoms with van der Waals surface area (Å²) in [5, 5.41) is 8.17. The molecule has 1 aliphatic rings. The summed E-state index contributed by atoms with van der Waals surface area (Å²) in [6.45, 7) is 10.3. The second-order valence-corrected chi connectivity index (χ2v) is 10.7. The number of hydrogen-bond acceptors (Lipinski definition) is 5. The Hall–Kier alpha value is -2.51. The third-order valence-corrected chi connectivity index (χ3v) is 6.50. The van der Waals surface area contributed by atoms with Gasteiger partial charge in [0.25, 0.3) is 0 Å². The molecule has 1 heterocycles. The number of thiocarbonyl (C=S) groups is 1. The minimum Gasteiger partial charge on any atom is -0.493 e. The molecular formula is C27H39N3O3S. The number of piperidine rings is 1. The third kappa shape index (κ3) is 6.76. The molecule has 2 aromatic carbocycles. The van der Waals surface area contributed by atoms with E-state index >= 15 is 0 Å². The van der Waals surface area contributed by atoms with Crippen LogP contribution in [0.1, 0.15) is 51.7 Å². The lowest BCUT2D eigenvalue weighted by Gasteiger charge is -2.47. The lowest BCUT2D eigenvalue weighted by Crippen LogP contribution is -2.62. The first-order chi connectivity index (χ1) is 16.1. The molecule has 0 aliphatic carbocycles. The van der Waals surface area contributed by atoms with Gasteiger partial charge in [0.15, 0.2) is 16.6 Å². The maximum absolute atomic E-state index is 5.98. The van der Waals surface area contributed by atoms with E-state index in [1.54, 1.807) is 21.3 Å². The van der Waals surface area contributed by atoms with Gasteiger partial charge in [0.2, 0.25) is 5.75 Å². The van der Waals surface area contributed by atoms with Crippen molar-refractivity contribution in [3.05, 3.63) is 53.6 Å². The molecule has 0 amide bonds. The highest BCUT2D eigenvalue weighted by Gasteiger charge is 2.38. The Morgan fingerprint density at radius 1 is 0.912 bits per heavy atom. The minimum atomic E-state index is 0.0377. The maximum atomic E-state index is 5.98. The molecular weight excluding hydrogens is 446 g/mol. The predicted octanol–water partition coefficient (Wildman–Crippen LogP) is 4.90. The van der Waals surface area contributed by atoms with Crippen molar-refractivity contribution in [2.24, 2.45) is 0 Å². The minimum absolute atomic E-state index is 0.0377. The summed E-state index contributed by atoms with van der Waals surface area (Å²) >= 11 is 5.98. The van der Waals surface area contributed by atoms with Crippen molar-refractivity contribution in [2.45, 2.75) is 70.7 Å². The molecule has 1 aliphatic heterocycles. The van der Waals surface area contributed by atoms with Gasteiger partial charge in [0.05, 0.1) is 21.3 Å². The van der Waals surface area contributed by atoms with Crippen LogP contribution in [0, 0.1) is 0 Å². The van der Waals surface area contributed by atoms with Crippen LogP contribution in [0.25, 0.3) is 0 Å². The highest BCUT2D eigenvalue weighted by atomic mass is 32.1. The maximum Gasteiger partial charge on any atom is 0.203 e. The van der Waals surface area contributed by atoms with E-state index < -0.39 is 0 Å². The molecule has 3 rings (SSSR count). The molecule has 0 saturated carbocycles. The Balaban J connectivity index is 1.86. The SMILES string of the molecule is COc1cc(CN(Cc2ccccc2)C(=S)NC2CC(C)(C)NC(C)(C)C2)cc(OC)c1OC. The molecule has 2 aromatic rings. The van der Waals surface area contributed by atoms with Crippen molar-refractivity contribution >= 4 is 17.3 Å². The molecule has 0 spiro atoms. The molecule has 1 saturated heterocycles. The summed E-state index contributed by atoms with van der Waals surface area (Å²) < 4.78 is 16.6. The smallest absolute Gasteiger partial charge is 0.203 e. The van der Waals surface area contributed by atoms with Crippen LogP contribution >= 0.6 is 12.2 Å². The number of nitrogens with zero attached hydrogens (tertiary/aromatic N) is 1. The molecule has 0 radical (unpaired) electrons. The normalized spacial score (nSPS) is 17.0. The van der Waals surface area contributed by atoms with Gasteiger partial charge in [-0.05, 0) is 76.0 Å². The van der Waals surface area contributed by atoms with Gasteiger partial charge in [0, 0.05) is 30.2 Å². The Bertz CT molecular complexity index is 937. The van der Waals surface area contributed by atoms with Crippen LogP contribution in [-0.4, -0.2) is 48.5 Å². The van der Waals surface area contributed by atoms with Crippen LogP contribution in [0.3, 0.4) is 0 Å². The summed E-state index contributed by atoms with van der Waals surface area (Å²) in [7, 11) is 4.88. The second-order valence-electron chi connectivity index (χ2n) is 10.3. The molecule has 1 fully saturated rings. The number of methoxy groups -OCH3 is 3. The van der Waals surface area contributed by atoms with E-state index in [4.69, 9.17) is 26.4 Å². The zero-order chi connectivity index (χ0) is 24.9. The Kier molecular flexibility index (Phi) is 8.31. The van der Waals surface area contributed by atoms with Crippen molar-refractivity contribution in [1.82, 2.24) is 15.5 Å². The quantitative estimate of drug-likeness (QED) is 0.516. The highest BCUT2D eigenvalue weighted by molar-refractivity contribution is 7.80. The van der Waals surface area contributed by atoms with Crippen LogP contribution < -0.4 is 24.8 Å². The second kappa shape index (κ2) is 10.8. The van der Waals surface area contributed by atoms with E-state index in [9.17, 15) is 0 Å². The summed E-state index contributed by atoms with van der Waals surface area (Å²) in [6, 6.07) is 14.7. The topological polar surface area (TPSA) is 55.0 Å². The predicted molar refractivity (Wildman–Crippen MR) is 142 cm³/mol. The average Bonchev–Trinajstić information content (AvgIpc) is 2.76. The fourth-order valence-electron chi connectivity index (χ4n) is 5.14. The summed E-state index contributed by atoms with van der Waals surface area (Å²) in [5.41, 5.74) is 2.30. The lowest BCUT2D eigenvalue weighted by atomic mass is 9.80. The molecule has 0 atom stereocenters. The number of rotatable bonds is 8. The van der Waals surface area contributed by atoms with Crippen molar-refractivity contribution in [3.8, 4) is 17.2 Å². The molecule has 0 bridgehead atoms. The summed E-state index contributed by atoms with van der Waals surface area (Å²) in [5.74, 6) is 1.86. The van der Waals surface area contributed by atoms with Crippen LogP contribution in [0.2, 0.25) is 0 Å². The van der Waals surface area contributed by atoms with E-state index in [1.165, 1.54) is 5.56 Å². The van der Waals surface area contributed by atoms with E-state index in [2.05, 4.69) is 67.5 Å². The first-order valence-corrected chi connectivity index (χ1v) is 12.1. The largest absolute Gasteiger partial charge is 0.493 e. The summed E-state index contributed by atoms with van der Waals surface area (Å²) in [6.07, 6.45) is 2.00. The van der Waals surface area contributed by atoms with Gasteiger partial charge in [0.1, 0.15) is 0 Å². The van der Waals surface area contributed by atoms with Crippen LogP contribution in [0.15, 0.2) is 42.5 Å². The van der Waals surface area contributed by atoms with Gasteiger partial charge < -0.3 is 29.7 Å². The fourth-order valence-corrected chi connectivity index (χ4v) is 5.44. The molecule has 0 aromatic heterocycles. The van der Waals surface area contributed by atoms with Gasteiger partial charge in [-0.1, -0.05) is 30.3 Å². The zero-order valence-corrected chi connectivity index (χ0v) is 22.3. The van der Waals surface area contributed by atoms with Crippen molar-refractivity contribution < 1.29 is 14.2 Å². The highest BCUT2D eigenvalue weighted by Crippen LogP contribution is 2.38. The first kappa shape index (κ1) is 26.1. The van der Waals surface area contributed by atoms with Crippen LogP contribution in [-0.2, 0) is 13.1 Å². The number of hydrogen-bond donors (Lipinski definition) is 2. The van der Waals surface area contributed by atoms with Crippen molar-refractivity contribution in [2.75, 3.05) is 21.3 Å². The Morgan fingerprint density at radius 2 is 1.44 bits per heavy atom. The van der Waals surface area contributed by atoms with Crippen molar-refractivity contribution in [1.29, 1.82) is 0 Å². The first-order valence-electron chi connectivity index (χ1n) is 11.7. The van der Waals surface area contributed by atoms with Gasteiger partial charge in [-0.3, -0.25) is 0 Å². The molecule has 6 nitrogen and oxygen atoms in total. The van der Waals surface area contributed by atoms with E-state index in [0.29, 0.717) is 30.3 Å². The number of benzene rings is 2. The standard InChI is InChI=1S/C27H39N3O3S/c1-26(2)15-21(16-27(3,4)29-26)28-25(34)30(17-19-11-9-8-10-12-19)18-20-13-22(31-5)24(33-7)23(14-20)32-6/h8-14,21,29H,15-18H2,1-7H3,(H,28,34). The van der Waals surface area contributed by atoms with Crippen LogP contribution in [0.5, 0.6) is 17.2 Å². The van der Waals surface area contributed by atoms with E-state index in [-0.39, 0.29) is 17.1 Å². The van der Waals surface area contributed by atoms with Crippen molar-refractivity contribution in [3.63, 3.8) is 0 Å².